The van der Waals surface area contributed by atoms with Crippen molar-refractivity contribution >= 4 is 65.4 Å². The predicted octanol–water partition coefficient (Wildman–Crippen LogP) is 13.1. The van der Waals surface area contributed by atoms with Crippen molar-refractivity contribution in [2.24, 2.45) is 0 Å². The fourth-order valence-corrected chi connectivity index (χ4v) is 8.92. The Morgan fingerprint density at radius 3 is 1.72 bits per heavy atom. The molecule has 0 spiro atoms. The zero-order chi connectivity index (χ0) is 37.5. The summed E-state index contributed by atoms with van der Waals surface area (Å²) in [6.07, 6.45) is 2.18. The number of benzene rings is 8. The zero-order valence-corrected chi connectivity index (χ0v) is 30.8. The summed E-state index contributed by atoms with van der Waals surface area (Å²) in [6, 6.07) is 69.1. The molecule has 266 valence electrons. The van der Waals surface area contributed by atoms with Crippen molar-refractivity contribution < 1.29 is 0 Å². The molecule has 5 heteroatoms. The average molecular weight is 728 g/mol. The van der Waals surface area contributed by atoms with Crippen molar-refractivity contribution in [3.8, 4) is 39.7 Å². The van der Waals surface area contributed by atoms with E-state index in [2.05, 4.69) is 214 Å². The van der Waals surface area contributed by atoms with E-state index in [0.717, 1.165) is 61.2 Å². The zero-order valence-electron chi connectivity index (χ0n) is 30.8. The normalized spacial score (nSPS) is 11.9. The van der Waals surface area contributed by atoms with Gasteiger partial charge in [-0.25, -0.2) is 9.97 Å². The third-order valence-corrected chi connectivity index (χ3v) is 11.5. The largest absolute Gasteiger partial charge is 0.316 e. The second-order valence-electron chi connectivity index (χ2n) is 14.7. The summed E-state index contributed by atoms with van der Waals surface area (Å²) >= 11 is 0. The summed E-state index contributed by atoms with van der Waals surface area (Å²) in [5.41, 5.74) is 13.1. The van der Waals surface area contributed by atoms with E-state index in [0.29, 0.717) is 5.82 Å². The van der Waals surface area contributed by atoms with E-state index in [1.54, 1.807) is 0 Å². The molecule has 0 saturated heterocycles. The summed E-state index contributed by atoms with van der Waals surface area (Å²) in [6.45, 7) is 0. The van der Waals surface area contributed by atoms with Crippen LogP contribution < -0.4 is 0 Å². The van der Waals surface area contributed by atoms with Crippen molar-refractivity contribution in [3.05, 3.63) is 200 Å². The highest BCUT2D eigenvalue weighted by Crippen LogP contribution is 2.40. The lowest BCUT2D eigenvalue weighted by atomic mass is 10.0. The number of hydrogen-bond donors (Lipinski definition) is 0. The van der Waals surface area contributed by atoms with E-state index >= 15 is 0 Å². The van der Waals surface area contributed by atoms with Crippen molar-refractivity contribution in [2.45, 2.75) is 0 Å². The lowest BCUT2D eigenvalue weighted by Crippen LogP contribution is -1.97. The van der Waals surface area contributed by atoms with Gasteiger partial charge in [0.05, 0.1) is 38.8 Å². The van der Waals surface area contributed by atoms with E-state index in [4.69, 9.17) is 9.97 Å². The van der Waals surface area contributed by atoms with Crippen LogP contribution in [0.5, 0.6) is 0 Å². The van der Waals surface area contributed by atoms with Gasteiger partial charge in [0.2, 0.25) is 0 Å². The highest BCUT2D eigenvalue weighted by Gasteiger charge is 2.20. The molecule has 8 aromatic carbocycles. The molecule has 0 saturated carbocycles. The molecule has 57 heavy (non-hydrogen) atoms. The number of fused-ring (bicyclic) bond motifs is 9. The fourth-order valence-electron chi connectivity index (χ4n) is 8.92. The number of para-hydroxylation sites is 5. The van der Waals surface area contributed by atoms with Crippen molar-refractivity contribution in [3.63, 3.8) is 0 Å². The van der Waals surface area contributed by atoms with Gasteiger partial charge in [-0.15, -0.1) is 0 Å². The molecule has 4 heterocycles. The van der Waals surface area contributed by atoms with Gasteiger partial charge in [-0.1, -0.05) is 109 Å². The maximum Gasteiger partial charge on any atom is 0.160 e. The molecule has 0 N–H and O–H groups in total. The van der Waals surface area contributed by atoms with Gasteiger partial charge in [-0.05, 0) is 84.9 Å². The van der Waals surface area contributed by atoms with Gasteiger partial charge in [0.1, 0.15) is 0 Å². The maximum absolute atomic E-state index is 5.41. The molecule has 12 rings (SSSR count). The summed E-state index contributed by atoms with van der Waals surface area (Å²) < 4.78 is 7.04. The molecule has 0 radical (unpaired) electrons. The summed E-state index contributed by atoms with van der Waals surface area (Å²) in [7, 11) is 0. The number of nitrogens with zero attached hydrogens (tertiary/aromatic N) is 5. The van der Waals surface area contributed by atoms with Crippen molar-refractivity contribution in [1.29, 1.82) is 0 Å². The van der Waals surface area contributed by atoms with Gasteiger partial charge in [0.25, 0.3) is 0 Å². The van der Waals surface area contributed by atoms with Gasteiger partial charge >= 0.3 is 0 Å². The molecule has 4 aromatic heterocycles. The lowest BCUT2D eigenvalue weighted by Gasteiger charge is -2.12. The number of rotatable bonds is 5. The minimum atomic E-state index is 0.700. The van der Waals surface area contributed by atoms with Crippen molar-refractivity contribution in [1.82, 2.24) is 23.7 Å². The standard InChI is InChI=1S/C52H33N5/c1-4-14-36(15-5-1)55-31-30-43-46(55)29-27-41-44-32-35(25-28-48(44)57(51(41)43)38-18-8-3-9-19-38)52-53-45-22-12-10-21-42(45)50(54-52)34-24-26-40-39-20-11-13-23-47(39)56(49(40)33-34)37-16-6-2-7-17-37/h1-33H. The molecule has 0 atom stereocenters. The average Bonchev–Trinajstić information content (AvgIpc) is 3.97. The monoisotopic (exact) mass is 727 g/mol. The Kier molecular flexibility index (Phi) is 6.86. The van der Waals surface area contributed by atoms with Crippen LogP contribution >= 0.6 is 0 Å². The van der Waals surface area contributed by atoms with Crippen LogP contribution in [0.2, 0.25) is 0 Å². The summed E-state index contributed by atoms with van der Waals surface area (Å²) in [4.78, 5) is 10.6. The Labute approximate surface area is 328 Å². The van der Waals surface area contributed by atoms with Gasteiger partial charge in [-0.2, -0.15) is 0 Å². The quantitative estimate of drug-likeness (QED) is 0.177. The van der Waals surface area contributed by atoms with Crippen LogP contribution in [0.1, 0.15) is 0 Å². The smallest absolute Gasteiger partial charge is 0.160 e. The maximum atomic E-state index is 5.41. The summed E-state index contributed by atoms with van der Waals surface area (Å²) in [5.74, 6) is 0.700. The molecule has 0 aliphatic rings. The van der Waals surface area contributed by atoms with Crippen LogP contribution in [0.4, 0.5) is 0 Å². The number of hydrogen-bond acceptors (Lipinski definition) is 2. The molecule has 12 aromatic rings. The molecule has 0 aliphatic carbocycles. The molecular weight excluding hydrogens is 695 g/mol. The topological polar surface area (TPSA) is 40.6 Å². The SMILES string of the molecule is c1ccc(-n2ccc3c2ccc2c4cc(-c5nc(-c6ccc7c8ccccc8n(-c8ccccc8)c7c6)c6ccccc6n5)ccc4n(-c4ccccc4)c23)cc1. The molecule has 5 nitrogen and oxygen atoms in total. The predicted molar refractivity (Wildman–Crippen MR) is 236 cm³/mol. The molecule has 0 amide bonds. The first-order valence-corrected chi connectivity index (χ1v) is 19.3. The van der Waals surface area contributed by atoms with E-state index in [9.17, 15) is 0 Å². The van der Waals surface area contributed by atoms with Gasteiger partial charge in [0, 0.05) is 66.7 Å². The van der Waals surface area contributed by atoms with E-state index in [-0.39, 0.29) is 0 Å². The minimum absolute atomic E-state index is 0.700. The highest BCUT2D eigenvalue weighted by atomic mass is 15.0. The second kappa shape index (κ2) is 12.4. The van der Waals surface area contributed by atoms with Gasteiger partial charge in [-0.3, -0.25) is 0 Å². The molecule has 0 fully saturated rings. The van der Waals surface area contributed by atoms with Crippen molar-refractivity contribution in [2.75, 3.05) is 0 Å². The van der Waals surface area contributed by atoms with Crippen LogP contribution in [-0.2, 0) is 0 Å². The molecule has 0 unspecified atom stereocenters. The third-order valence-electron chi connectivity index (χ3n) is 11.5. The third kappa shape index (κ3) is 4.82. The van der Waals surface area contributed by atoms with Crippen LogP contribution in [0.15, 0.2) is 200 Å². The van der Waals surface area contributed by atoms with Crippen LogP contribution in [-0.4, -0.2) is 23.7 Å². The van der Waals surface area contributed by atoms with E-state index in [1.165, 1.54) is 38.1 Å². The van der Waals surface area contributed by atoms with E-state index < -0.39 is 0 Å². The molecule has 0 bridgehead atoms. The van der Waals surface area contributed by atoms with Crippen LogP contribution in [0, 0.1) is 0 Å². The number of aromatic nitrogens is 5. The Balaban J connectivity index is 1.08. The lowest BCUT2D eigenvalue weighted by molar-refractivity contribution is 1.13. The first-order chi connectivity index (χ1) is 28.3. The van der Waals surface area contributed by atoms with Crippen LogP contribution in [0.25, 0.3) is 105 Å². The Hall–Kier alpha value is -7.76. The Morgan fingerprint density at radius 1 is 0.333 bits per heavy atom. The highest BCUT2D eigenvalue weighted by molar-refractivity contribution is 6.19. The van der Waals surface area contributed by atoms with Gasteiger partial charge in [0.15, 0.2) is 5.82 Å². The molecule has 0 aliphatic heterocycles. The second-order valence-corrected chi connectivity index (χ2v) is 14.7. The van der Waals surface area contributed by atoms with E-state index in [1.807, 2.05) is 0 Å². The first kappa shape index (κ1) is 31.6. The molecular formula is C52H33N5. The summed E-state index contributed by atoms with van der Waals surface area (Å²) in [5, 5.41) is 7.01. The minimum Gasteiger partial charge on any atom is -0.316 e. The van der Waals surface area contributed by atoms with Gasteiger partial charge < -0.3 is 13.7 Å². The fraction of sp³-hybridized carbons (Fsp3) is 0. The Bertz CT molecular complexity index is 3500. The Morgan fingerprint density at radius 2 is 0.930 bits per heavy atom. The first-order valence-electron chi connectivity index (χ1n) is 19.3. The van der Waals surface area contributed by atoms with Crippen LogP contribution in [0.3, 0.4) is 0 Å².